The highest BCUT2D eigenvalue weighted by atomic mass is 16.5. The van der Waals surface area contributed by atoms with Crippen molar-refractivity contribution in [1.82, 2.24) is 9.80 Å². The summed E-state index contributed by atoms with van der Waals surface area (Å²) in [7, 11) is 0. The van der Waals surface area contributed by atoms with Crippen LogP contribution >= 0.6 is 0 Å². The number of rotatable bonds is 8. The van der Waals surface area contributed by atoms with Crippen LogP contribution in [0, 0.1) is 0 Å². The van der Waals surface area contributed by atoms with E-state index in [1.807, 2.05) is 18.2 Å². The summed E-state index contributed by atoms with van der Waals surface area (Å²) in [6.45, 7) is 9.70. The summed E-state index contributed by atoms with van der Waals surface area (Å²) in [4.78, 5) is 10.2. The number of benzene rings is 2. The molecule has 0 radical (unpaired) electrons. The van der Waals surface area contributed by atoms with Crippen molar-refractivity contribution >= 4 is 5.84 Å². The predicted octanol–water partition coefficient (Wildman–Crippen LogP) is 2.28. The van der Waals surface area contributed by atoms with Crippen molar-refractivity contribution in [3.05, 3.63) is 59.2 Å². The molecule has 4 rings (SSSR count). The smallest absolute Gasteiger partial charge is 0.161 e. The fourth-order valence-corrected chi connectivity index (χ4v) is 4.67. The van der Waals surface area contributed by atoms with Gasteiger partial charge in [-0.15, -0.1) is 0 Å². The molecule has 2 heterocycles. The second kappa shape index (κ2) is 10.5. The van der Waals surface area contributed by atoms with Gasteiger partial charge in [-0.25, -0.2) is 0 Å². The number of aliphatic hydroxyl groups is 2. The van der Waals surface area contributed by atoms with Crippen molar-refractivity contribution in [2.45, 2.75) is 25.8 Å². The third-order valence-corrected chi connectivity index (χ3v) is 6.53. The first-order chi connectivity index (χ1) is 16.1. The van der Waals surface area contributed by atoms with Gasteiger partial charge in [0.15, 0.2) is 11.5 Å². The monoisotopic (exact) mass is 453 g/mol. The fraction of sp³-hybridized carbons (Fsp3) is 0.500. The summed E-state index contributed by atoms with van der Waals surface area (Å²) in [5.74, 6) is 2.18. The van der Waals surface area contributed by atoms with E-state index < -0.39 is 5.54 Å². The molecular formula is C26H35N3O4. The van der Waals surface area contributed by atoms with Crippen LogP contribution in [0.1, 0.15) is 30.5 Å². The lowest BCUT2D eigenvalue weighted by Crippen LogP contribution is -2.50. The van der Waals surface area contributed by atoms with E-state index in [0.29, 0.717) is 11.5 Å². The molecule has 33 heavy (non-hydrogen) atoms. The molecule has 2 aromatic carbocycles. The van der Waals surface area contributed by atoms with Gasteiger partial charge >= 0.3 is 0 Å². The standard InChI is InChI=1S/C26H35N3O4/c1-3-28-10-12-29(13-11-28)25-22-7-5-4-6-20(22)19-26(2,27-25)21-8-9-23(32-16-14-30)24(18-21)33-17-15-31/h4-9,18,30-31H,3,10-17,19H2,1-2H3. The Balaban J connectivity index is 1.70. The van der Waals surface area contributed by atoms with Crippen LogP contribution in [0.5, 0.6) is 11.5 Å². The SMILES string of the molecule is CCN1CCN(C2=NC(C)(c3ccc(OCCO)c(OCCO)c3)Cc3ccccc32)CC1. The van der Waals surface area contributed by atoms with Crippen LogP contribution < -0.4 is 9.47 Å². The van der Waals surface area contributed by atoms with Crippen LogP contribution in [0.3, 0.4) is 0 Å². The molecule has 0 saturated carbocycles. The third kappa shape index (κ3) is 5.16. The van der Waals surface area contributed by atoms with Crippen molar-refractivity contribution in [1.29, 1.82) is 0 Å². The Bertz CT molecular complexity index is 972. The fourth-order valence-electron chi connectivity index (χ4n) is 4.67. The van der Waals surface area contributed by atoms with Gasteiger partial charge in [0.25, 0.3) is 0 Å². The van der Waals surface area contributed by atoms with Gasteiger partial charge in [0.2, 0.25) is 0 Å². The number of likely N-dealkylation sites (N-methyl/N-ethyl adjacent to an activating group) is 1. The van der Waals surface area contributed by atoms with Gasteiger partial charge in [0.05, 0.1) is 18.8 Å². The van der Waals surface area contributed by atoms with Gasteiger partial charge in [0.1, 0.15) is 19.0 Å². The Labute approximate surface area is 196 Å². The number of aliphatic imine (C=N–C) groups is 1. The molecule has 1 saturated heterocycles. The van der Waals surface area contributed by atoms with Gasteiger partial charge in [-0.2, -0.15) is 0 Å². The first-order valence-corrected chi connectivity index (χ1v) is 11.8. The molecule has 2 N–H and O–H groups in total. The minimum absolute atomic E-state index is 0.0748. The summed E-state index contributed by atoms with van der Waals surface area (Å²) >= 11 is 0. The molecule has 2 aliphatic rings. The van der Waals surface area contributed by atoms with Crippen molar-refractivity contribution in [2.24, 2.45) is 4.99 Å². The van der Waals surface area contributed by atoms with E-state index >= 15 is 0 Å². The maximum Gasteiger partial charge on any atom is 0.161 e. The Hall–Kier alpha value is -2.61. The van der Waals surface area contributed by atoms with Crippen LogP contribution in [0.4, 0.5) is 0 Å². The van der Waals surface area contributed by atoms with Crippen LogP contribution in [0.2, 0.25) is 0 Å². The number of aliphatic hydroxyl groups excluding tert-OH is 2. The number of fused-ring (bicyclic) bond motifs is 1. The molecule has 1 fully saturated rings. The maximum atomic E-state index is 9.25. The third-order valence-electron chi connectivity index (χ3n) is 6.53. The lowest BCUT2D eigenvalue weighted by atomic mass is 9.81. The van der Waals surface area contributed by atoms with Crippen LogP contribution in [0.25, 0.3) is 0 Å². The second-order valence-corrected chi connectivity index (χ2v) is 8.77. The number of hydrogen-bond acceptors (Lipinski definition) is 7. The zero-order chi connectivity index (χ0) is 23.3. The lowest BCUT2D eigenvalue weighted by molar-refractivity contribution is 0.178. The first-order valence-electron chi connectivity index (χ1n) is 11.8. The topological polar surface area (TPSA) is 77.8 Å². The van der Waals surface area contributed by atoms with E-state index in [1.54, 1.807) is 0 Å². The summed E-state index contributed by atoms with van der Waals surface area (Å²) in [5.41, 5.74) is 3.09. The van der Waals surface area contributed by atoms with Gasteiger partial charge in [-0.05, 0) is 36.7 Å². The number of nitrogens with zero attached hydrogens (tertiary/aromatic N) is 3. The van der Waals surface area contributed by atoms with E-state index in [9.17, 15) is 5.11 Å². The molecule has 7 nitrogen and oxygen atoms in total. The highest BCUT2D eigenvalue weighted by Gasteiger charge is 2.35. The maximum absolute atomic E-state index is 9.25. The molecule has 2 aliphatic heterocycles. The predicted molar refractivity (Wildman–Crippen MR) is 129 cm³/mol. The molecule has 7 heteroatoms. The van der Waals surface area contributed by atoms with Crippen molar-refractivity contribution in [3.8, 4) is 11.5 Å². The Morgan fingerprint density at radius 3 is 2.33 bits per heavy atom. The van der Waals surface area contributed by atoms with E-state index in [4.69, 9.17) is 19.6 Å². The van der Waals surface area contributed by atoms with Crippen molar-refractivity contribution in [2.75, 3.05) is 59.2 Å². The second-order valence-electron chi connectivity index (χ2n) is 8.77. The average molecular weight is 454 g/mol. The van der Waals surface area contributed by atoms with Crippen LogP contribution in [-0.2, 0) is 12.0 Å². The number of hydrogen-bond donors (Lipinski definition) is 2. The molecule has 1 atom stereocenters. The molecular weight excluding hydrogens is 418 g/mol. The van der Waals surface area contributed by atoms with Gasteiger partial charge in [0, 0.05) is 38.2 Å². The molecule has 0 spiro atoms. The summed E-state index contributed by atoms with van der Waals surface area (Å²) in [6.07, 6.45) is 0.790. The van der Waals surface area contributed by atoms with Crippen LogP contribution in [0.15, 0.2) is 47.5 Å². The quantitative estimate of drug-likeness (QED) is 0.639. The molecule has 178 valence electrons. The number of amidine groups is 1. The Kier molecular flexibility index (Phi) is 7.53. The molecule has 0 aliphatic carbocycles. The molecule has 2 aromatic rings. The number of piperazine rings is 1. The average Bonchev–Trinajstić information content (AvgIpc) is 2.86. The highest BCUT2D eigenvalue weighted by Crippen LogP contribution is 2.40. The normalized spacial score (nSPS) is 20.8. The van der Waals surface area contributed by atoms with Gasteiger partial charge in [-0.3, -0.25) is 4.99 Å². The van der Waals surface area contributed by atoms with Gasteiger partial charge in [-0.1, -0.05) is 37.3 Å². The highest BCUT2D eigenvalue weighted by molar-refractivity contribution is 6.01. The zero-order valence-electron chi connectivity index (χ0n) is 19.7. The van der Waals surface area contributed by atoms with E-state index in [0.717, 1.165) is 50.5 Å². The first kappa shape index (κ1) is 23.5. The Morgan fingerprint density at radius 1 is 0.939 bits per heavy atom. The minimum atomic E-state index is -0.460. The number of ether oxygens (including phenoxy) is 2. The lowest BCUT2D eigenvalue weighted by Gasteiger charge is -2.41. The van der Waals surface area contributed by atoms with Crippen molar-refractivity contribution in [3.63, 3.8) is 0 Å². The van der Waals surface area contributed by atoms with Gasteiger partial charge < -0.3 is 29.5 Å². The van der Waals surface area contributed by atoms with E-state index in [-0.39, 0.29) is 26.4 Å². The minimum Gasteiger partial charge on any atom is -0.487 e. The molecule has 0 amide bonds. The molecule has 1 unspecified atom stereocenters. The largest absolute Gasteiger partial charge is 0.487 e. The summed E-state index contributed by atoms with van der Waals surface area (Å²) in [5, 5.41) is 18.4. The van der Waals surface area contributed by atoms with E-state index in [1.165, 1.54) is 11.1 Å². The Morgan fingerprint density at radius 2 is 1.64 bits per heavy atom. The summed E-state index contributed by atoms with van der Waals surface area (Å²) < 4.78 is 11.4. The van der Waals surface area contributed by atoms with Crippen molar-refractivity contribution < 1.29 is 19.7 Å². The van der Waals surface area contributed by atoms with E-state index in [2.05, 4.69) is 47.9 Å². The molecule has 0 bridgehead atoms. The summed E-state index contributed by atoms with van der Waals surface area (Å²) in [6, 6.07) is 14.4. The van der Waals surface area contributed by atoms with Crippen LogP contribution in [-0.4, -0.2) is 85.0 Å². The molecule has 0 aromatic heterocycles. The zero-order valence-corrected chi connectivity index (χ0v) is 19.7.